The molecule has 0 saturated carbocycles. The van der Waals surface area contributed by atoms with E-state index in [0.717, 1.165) is 11.3 Å². The van der Waals surface area contributed by atoms with Crippen molar-refractivity contribution in [2.75, 3.05) is 17.4 Å². The summed E-state index contributed by atoms with van der Waals surface area (Å²) in [7, 11) is 1.89. The number of nitrogens with zero attached hydrogens (tertiary/aromatic N) is 2. The molecule has 0 unspecified atom stereocenters. The normalized spacial score (nSPS) is 10.4. The SMILES string of the molecule is Cc1ccccc1N(C)c1nc(NN)c(Cl)cc1Cl. The van der Waals surface area contributed by atoms with Crippen LogP contribution in [0, 0.1) is 6.92 Å². The number of nitrogens with one attached hydrogen (secondary N) is 1. The minimum absolute atomic E-state index is 0.384. The summed E-state index contributed by atoms with van der Waals surface area (Å²) < 4.78 is 0. The number of rotatable bonds is 3. The van der Waals surface area contributed by atoms with Gasteiger partial charge in [-0.3, -0.25) is 0 Å². The number of benzene rings is 1. The fourth-order valence-corrected chi connectivity index (χ4v) is 2.39. The summed E-state index contributed by atoms with van der Waals surface area (Å²) in [5.74, 6) is 6.36. The van der Waals surface area contributed by atoms with Crippen molar-refractivity contribution in [3.63, 3.8) is 0 Å². The number of hydrazine groups is 1. The van der Waals surface area contributed by atoms with Crippen LogP contribution in [0.3, 0.4) is 0 Å². The predicted octanol–water partition coefficient (Wildman–Crippen LogP) is 3.75. The summed E-state index contributed by atoms with van der Waals surface area (Å²) in [5, 5.41) is 0.851. The lowest BCUT2D eigenvalue weighted by Gasteiger charge is -2.22. The maximum Gasteiger partial charge on any atom is 0.161 e. The van der Waals surface area contributed by atoms with Gasteiger partial charge in [0.1, 0.15) is 0 Å². The summed E-state index contributed by atoms with van der Waals surface area (Å²) in [6, 6.07) is 9.59. The fraction of sp³-hybridized carbons (Fsp3) is 0.154. The number of nitrogens with two attached hydrogens (primary N) is 1. The Bertz CT molecular complexity index is 601. The van der Waals surface area contributed by atoms with Crippen LogP contribution in [0.25, 0.3) is 0 Å². The Morgan fingerprint density at radius 3 is 2.53 bits per heavy atom. The molecule has 1 aromatic heterocycles. The molecule has 0 atom stereocenters. The molecule has 2 aromatic rings. The predicted molar refractivity (Wildman–Crippen MR) is 81.3 cm³/mol. The molecule has 0 saturated heterocycles. The fourth-order valence-electron chi connectivity index (χ4n) is 1.85. The maximum atomic E-state index is 6.20. The van der Waals surface area contributed by atoms with Crippen LogP contribution in [0.15, 0.2) is 30.3 Å². The van der Waals surface area contributed by atoms with Gasteiger partial charge >= 0.3 is 0 Å². The third-order valence-electron chi connectivity index (χ3n) is 2.84. The molecule has 19 heavy (non-hydrogen) atoms. The highest BCUT2D eigenvalue weighted by Gasteiger charge is 2.14. The number of aromatic nitrogens is 1. The van der Waals surface area contributed by atoms with Crippen molar-refractivity contribution in [2.24, 2.45) is 5.84 Å². The van der Waals surface area contributed by atoms with E-state index in [0.29, 0.717) is 21.7 Å². The Kier molecular flexibility index (Phi) is 4.14. The van der Waals surface area contributed by atoms with Crippen molar-refractivity contribution in [1.29, 1.82) is 0 Å². The van der Waals surface area contributed by atoms with Crippen molar-refractivity contribution in [3.05, 3.63) is 45.9 Å². The Hall–Kier alpha value is -1.49. The number of hydrogen-bond acceptors (Lipinski definition) is 4. The number of pyridine rings is 1. The Labute approximate surface area is 122 Å². The maximum absolute atomic E-state index is 6.20. The monoisotopic (exact) mass is 296 g/mol. The largest absolute Gasteiger partial charge is 0.328 e. The smallest absolute Gasteiger partial charge is 0.161 e. The molecule has 100 valence electrons. The van der Waals surface area contributed by atoms with Gasteiger partial charge < -0.3 is 10.3 Å². The van der Waals surface area contributed by atoms with Gasteiger partial charge in [-0.05, 0) is 24.6 Å². The van der Waals surface area contributed by atoms with Gasteiger partial charge in [0, 0.05) is 12.7 Å². The van der Waals surface area contributed by atoms with E-state index in [2.05, 4.69) is 10.4 Å². The van der Waals surface area contributed by atoms with Gasteiger partial charge in [-0.1, -0.05) is 41.4 Å². The van der Waals surface area contributed by atoms with E-state index >= 15 is 0 Å². The summed E-state index contributed by atoms with van der Waals surface area (Å²) in [6.07, 6.45) is 0. The second kappa shape index (κ2) is 5.65. The van der Waals surface area contributed by atoms with E-state index in [-0.39, 0.29) is 0 Å². The Morgan fingerprint density at radius 1 is 1.21 bits per heavy atom. The average Bonchev–Trinajstić information content (AvgIpc) is 2.39. The molecule has 3 N–H and O–H groups in total. The van der Waals surface area contributed by atoms with Gasteiger partial charge in [0.2, 0.25) is 0 Å². The molecule has 1 heterocycles. The quantitative estimate of drug-likeness (QED) is 0.669. The van der Waals surface area contributed by atoms with Crippen molar-refractivity contribution in [2.45, 2.75) is 6.92 Å². The highest BCUT2D eigenvalue weighted by molar-refractivity contribution is 6.37. The molecule has 0 aliphatic carbocycles. The average molecular weight is 297 g/mol. The highest BCUT2D eigenvalue weighted by Crippen LogP contribution is 2.34. The van der Waals surface area contributed by atoms with E-state index in [1.54, 1.807) is 6.07 Å². The van der Waals surface area contributed by atoms with Crippen LogP contribution >= 0.6 is 23.2 Å². The molecule has 0 aliphatic rings. The van der Waals surface area contributed by atoms with Gasteiger partial charge in [-0.25, -0.2) is 10.8 Å². The zero-order chi connectivity index (χ0) is 14.0. The lowest BCUT2D eigenvalue weighted by Crippen LogP contribution is -2.16. The first-order valence-electron chi connectivity index (χ1n) is 5.66. The van der Waals surface area contributed by atoms with Crippen molar-refractivity contribution in [1.82, 2.24) is 4.98 Å². The van der Waals surface area contributed by atoms with Crippen LogP contribution in [0.4, 0.5) is 17.3 Å². The van der Waals surface area contributed by atoms with Crippen LogP contribution in [0.2, 0.25) is 10.0 Å². The topological polar surface area (TPSA) is 54.2 Å². The van der Waals surface area contributed by atoms with E-state index in [9.17, 15) is 0 Å². The molecular formula is C13H14Cl2N4. The molecule has 0 radical (unpaired) electrons. The molecule has 0 bridgehead atoms. The van der Waals surface area contributed by atoms with Gasteiger partial charge in [0.25, 0.3) is 0 Å². The highest BCUT2D eigenvalue weighted by atomic mass is 35.5. The van der Waals surface area contributed by atoms with Crippen LogP contribution < -0.4 is 16.2 Å². The van der Waals surface area contributed by atoms with Crippen LogP contribution in [0.1, 0.15) is 5.56 Å². The third kappa shape index (κ3) is 2.76. The van der Waals surface area contributed by atoms with Crippen molar-refractivity contribution in [3.8, 4) is 0 Å². The van der Waals surface area contributed by atoms with Gasteiger partial charge in [-0.15, -0.1) is 0 Å². The number of halogens is 2. The van der Waals surface area contributed by atoms with E-state index < -0.39 is 0 Å². The summed E-state index contributed by atoms with van der Waals surface area (Å²) >= 11 is 12.2. The van der Waals surface area contributed by atoms with Crippen LogP contribution in [-0.4, -0.2) is 12.0 Å². The molecule has 0 amide bonds. The minimum atomic E-state index is 0.384. The van der Waals surface area contributed by atoms with Crippen LogP contribution in [0.5, 0.6) is 0 Å². The number of aryl methyl sites for hydroxylation is 1. The summed E-state index contributed by atoms with van der Waals surface area (Å²) in [6.45, 7) is 2.03. The van der Waals surface area contributed by atoms with E-state index in [1.807, 2.05) is 43.1 Å². The number of hydrogen-bond donors (Lipinski definition) is 2. The zero-order valence-corrected chi connectivity index (χ0v) is 12.1. The number of para-hydroxylation sites is 1. The molecule has 0 spiro atoms. The molecule has 1 aromatic carbocycles. The molecule has 6 heteroatoms. The van der Waals surface area contributed by atoms with Gasteiger partial charge in [0.15, 0.2) is 11.6 Å². The first-order chi connectivity index (χ1) is 9.04. The minimum Gasteiger partial charge on any atom is -0.328 e. The molecular weight excluding hydrogens is 283 g/mol. The van der Waals surface area contributed by atoms with Gasteiger partial charge in [0.05, 0.1) is 10.0 Å². The van der Waals surface area contributed by atoms with Crippen molar-refractivity contribution >= 4 is 40.5 Å². The number of anilines is 3. The molecule has 0 fully saturated rings. The summed E-state index contributed by atoms with van der Waals surface area (Å²) in [5.41, 5.74) is 4.60. The third-order valence-corrected chi connectivity index (χ3v) is 3.41. The lowest BCUT2D eigenvalue weighted by molar-refractivity contribution is 1.10. The molecule has 2 rings (SSSR count). The summed E-state index contributed by atoms with van der Waals surface area (Å²) in [4.78, 5) is 6.23. The van der Waals surface area contributed by atoms with E-state index in [4.69, 9.17) is 29.0 Å². The molecule has 0 aliphatic heterocycles. The first kappa shape index (κ1) is 13.9. The Morgan fingerprint density at radius 2 is 1.89 bits per heavy atom. The lowest BCUT2D eigenvalue weighted by atomic mass is 10.2. The molecule has 4 nitrogen and oxygen atoms in total. The van der Waals surface area contributed by atoms with Crippen LogP contribution in [-0.2, 0) is 0 Å². The first-order valence-corrected chi connectivity index (χ1v) is 6.42. The second-order valence-electron chi connectivity index (χ2n) is 4.11. The standard InChI is InChI=1S/C13H14Cl2N4/c1-8-5-3-4-6-11(8)19(2)13-10(15)7-9(14)12(17-13)18-16/h3-7H,16H2,1-2H3,(H,17,18). The van der Waals surface area contributed by atoms with Crippen molar-refractivity contribution < 1.29 is 0 Å². The van der Waals surface area contributed by atoms with Gasteiger partial charge in [-0.2, -0.15) is 0 Å². The second-order valence-corrected chi connectivity index (χ2v) is 4.93. The van der Waals surface area contributed by atoms with E-state index in [1.165, 1.54) is 0 Å². The Balaban J connectivity index is 2.50. The number of nitrogen functional groups attached to an aromatic ring is 1. The zero-order valence-electron chi connectivity index (χ0n) is 10.6.